The van der Waals surface area contributed by atoms with E-state index < -0.39 is 11.6 Å². The van der Waals surface area contributed by atoms with Crippen LogP contribution in [0.3, 0.4) is 0 Å². The van der Waals surface area contributed by atoms with Crippen LogP contribution in [-0.2, 0) is 19.2 Å². The Hall–Kier alpha value is -2.76. The fraction of sp³-hybridized carbons (Fsp3) is 0.400. The molecule has 138 valence electrons. The van der Waals surface area contributed by atoms with Crippen LogP contribution in [0.15, 0.2) is 44.8 Å². The molecule has 2 N–H and O–H groups in total. The van der Waals surface area contributed by atoms with Crippen molar-refractivity contribution in [2.45, 2.75) is 41.5 Å². The van der Waals surface area contributed by atoms with E-state index in [0.29, 0.717) is 35.4 Å². The molecular weight excluding hydrogens is 332 g/mol. The molecule has 0 radical (unpaired) electrons. The molecule has 0 amide bonds. The largest absolute Gasteiger partial charge is 0.382 e. The van der Waals surface area contributed by atoms with Crippen molar-refractivity contribution in [3.8, 4) is 0 Å². The van der Waals surface area contributed by atoms with Crippen LogP contribution in [0.2, 0.25) is 0 Å². The number of likely N-dealkylation sites (N-methyl/N-ethyl adjacent to an activating group) is 2. The van der Waals surface area contributed by atoms with Crippen molar-refractivity contribution in [2.75, 3.05) is 13.1 Å². The van der Waals surface area contributed by atoms with Gasteiger partial charge in [-0.2, -0.15) is 0 Å². The van der Waals surface area contributed by atoms with E-state index >= 15 is 0 Å². The first kappa shape index (κ1) is 19.6. The summed E-state index contributed by atoms with van der Waals surface area (Å²) in [5.41, 5.74) is 1.41. The second-order valence-electron chi connectivity index (χ2n) is 6.38. The highest BCUT2D eigenvalue weighted by atomic mass is 16.2. The fourth-order valence-electron chi connectivity index (χ4n) is 3.05. The van der Waals surface area contributed by atoms with Crippen LogP contribution in [0.4, 0.5) is 0 Å². The number of rotatable bonds is 5. The molecule has 0 aromatic carbocycles. The van der Waals surface area contributed by atoms with Crippen LogP contribution < -0.4 is 10.6 Å². The number of ketones is 4. The standard InChI is InChI=1S/C20H24N2O4/c1-7-21-15-13(17(23)9(3)11(5)19(15)25)14-16(22-8-2)20(26)12(6)10(4)18(14)24/h21-22H,7-8H2,1-6H3. The van der Waals surface area contributed by atoms with Gasteiger partial charge in [0.2, 0.25) is 11.6 Å². The predicted octanol–water partition coefficient (Wildman–Crippen LogP) is 1.69. The Labute approximate surface area is 153 Å². The highest BCUT2D eigenvalue weighted by Crippen LogP contribution is 2.34. The highest BCUT2D eigenvalue weighted by molar-refractivity contribution is 6.35. The van der Waals surface area contributed by atoms with Gasteiger partial charge in [0, 0.05) is 35.4 Å². The predicted molar refractivity (Wildman–Crippen MR) is 98.2 cm³/mol. The summed E-state index contributed by atoms with van der Waals surface area (Å²) in [5, 5.41) is 5.84. The minimum Gasteiger partial charge on any atom is -0.382 e. The van der Waals surface area contributed by atoms with Gasteiger partial charge in [-0.05, 0) is 41.5 Å². The van der Waals surface area contributed by atoms with Crippen molar-refractivity contribution in [1.29, 1.82) is 0 Å². The summed E-state index contributed by atoms with van der Waals surface area (Å²) in [5.74, 6) is -1.47. The van der Waals surface area contributed by atoms with Crippen molar-refractivity contribution in [1.82, 2.24) is 10.6 Å². The van der Waals surface area contributed by atoms with Gasteiger partial charge in [0.25, 0.3) is 0 Å². The molecule has 2 aliphatic carbocycles. The molecule has 0 bridgehead atoms. The van der Waals surface area contributed by atoms with E-state index in [-0.39, 0.29) is 34.1 Å². The third-order valence-electron chi connectivity index (χ3n) is 4.85. The molecule has 0 fully saturated rings. The molecule has 0 unspecified atom stereocenters. The van der Waals surface area contributed by atoms with E-state index in [0.717, 1.165) is 0 Å². The quantitative estimate of drug-likeness (QED) is 0.728. The van der Waals surface area contributed by atoms with Crippen molar-refractivity contribution in [2.24, 2.45) is 0 Å². The third-order valence-corrected chi connectivity index (χ3v) is 4.85. The topological polar surface area (TPSA) is 92.3 Å². The van der Waals surface area contributed by atoms with Crippen molar-refractivity contribution < 1.29 is 19.2 Å². The van der Waals surface area contributed by atoms with Crippen LogP contribution in [0.5, 0.6) is 0 Å². The molecule has 0 aromatic rings. The Bertz CT molecular complexity index is 794. The average Bonchev–Trinajstić information content (AvgIpc) is 2.62. The van der Waals surface area contributed by atoms with Gasteiger partial charge < -0.3 is 10.6 Å². The van der Waals surface area contributed by atoms with E-state index in [2.05, 4.69) is 10.6 Å². The summed E-state index contributed by atoms with van der Waals surface area (Å²) in [4.78, 5) is 51.5. The Morgan fingerprint density at radius 2 is 0.808 bits per heavy atom. The molecule has 0 atom stereocenters. The highest BCUT2D eigenvalue weighted by Gasteiger charge is 2.40. The Balaban J connectivity index is 2.86. The molecule has 0 aromatic heterocycles. The van der Waals surface area contributed by atoms with Gasteiger partial charge >= 0.3 is 0 Å². The molecule has 2 aliphatic rings. The summed E-state index contributed by atoms with van der Waals surface area (Å²) in [6.45, 7) is 10.7. The van der Waals surface area contributed by atoms with E-state index in [1.807, 2.05) is 0 Å². The lowest BCUT2D eigenvalue weighted by Crippen LogP contribution is -2.37. The number of hydrogen-bond acceptors (Lipinski definition) is 6. The first-order valence-electron chi connectivity index (χ1n) is 8.69. The van der Waals surface area contributed by atoms with Crippen molar-refractivity contribution in [3.63, 3.8) is 0 Å². The monoisotopic (exact) mass is 356 g/mol. The van der Waals surface area contributed by atoms with E-state index in [1.165, 1.54) is 0 Å². The van der Waals surface area contributed by atoms with E-state index in [9.17, 15) is 19.2 Å². The zero-order chi connectivity index (χ0) is 19.8. The second kappa shape index (κ2) is 7.23. The fourth-order valence-corrected chi connectivity index (χ4v) is 3.05. The molecule has 2 rings (SSSR count). The minimum atomic E-state index is -0.406. The molecule has 0 heterocycles. The van der Waals surface area contributed by atoms with Crippen LogP contribution in [0.1, 0.15) is 41.5 Å². The molecule has 0 saturated carbocycles. The molecule has 0 aliphatic heterocycles. The van der Waals surface area contributed by atoms with Crippen LogP contribution in [0.25, 0.3) is 0 Å². The lowest BCUT2D eigenvalue weighted by Gasteiger charge is -2.27. The average molecular weight is 356 g/mol. The smallest absolute Gasteiger partial charge is 0.205 e. The van der Waals surface area contributed by atoms with Crippen LogP contribution in [0, 0.1) is 0 Å². The maximum atomic E-state index is 13.0. The Morgan fingerprint density at radius 3 is 1.08 bits per heavy atom. The maximum absolute atomic E-state index is 13.0. The normalized spacial score (nSPS) is 19.2. The SMILES string of the molecule is CCNC1=C(C2=C(NCC)C(=O)C(C)=C(C)C2=O)C(=O)C(C)=C(C)C1=O. The second-order valence-corrected chi connectivity index (χ2v) is 6.38. The van der Waals surface area contributed by atoms with Gasteiger partial charge in [-0.3, -0.25) is 19.2 Å². The number of nitrogens with one attached hydrogen (secondary N) is 2. The summed E-state index contributed by atoms with van der Waals surface area (Å²) in [6.07, 6.45) is 0. The van der Waals surface area contributed by atoms with E-state index in [4.69, 9.17) is 0 Å². The molecule has 0 spiro atoms. The minimum absolute atomic E-state index is 0.0129. The zero-order valence-corrected chi connectivity index (χ0v) is 16.0. The van der Waals surface area contributed by atoms with Gasteiger partial charge in [0.1, 0.15) is 0 Å². The summed E-state index contributed by atoms with van der Waals surface area (Å²) < 4.78 is 0. The number of carbonyl (C=O) groups is 4. The van der Waals surface area contributed by atoms with Crippen LogP contribution in [-0.4, -0.2) is 36.2 Å². The summed E-state index contributed by atoms with van der Waals surface area (Å²) in [6, 6.07) is 0. The number of allylic oxidation sites excluding steroid dienone is 6. The number of hydrogen-bond donors (Lipinski definition) is 2. The Morgan fingerprint density at radius 1 is 0.538 bits per heavy atom. The summed E-state index contributed by atoms with van der Waals surface area (Å²) >= 11 is 0. The van der Waals surface area contributed by atoms with Gasteiger partial charge in [0.05, 0.1) is 22.5 Å². The third kappa shape index (κ3) is 2.85. The number of carbonyl (C=O) groups excluding carboxylic acids is 4. The molecular formula is C20H24N2O4. The van der Waals surface area contributed by atoms with Crippen LogP contribution >= 0.6 is 0 Å². The summed E-state index contributed by atoms with van der Waals surface area (Å²) in [7, 11) is 0. The van der Waals surface area contributed by atoms with Gasteiger partial charge in [-0.15, -0.1) is 0 Å². The number of Topliss-reactive ketones (excluding diaryl/α,β-unsaturated/α-hetero) is 4. The van der Waals surface area contributed by atoms with E-state index in [1.54, 1.807) is 41.5 Å². The first-order chi connectivity index (χ1) is 12.2. The van der Waals surface area contributed by atoms with Crippen molar-refractivity contribution in [3.05, 3.63) is 44.8 Å². The Kier molecular flexibility index (Phi) is 5.44. The van der Waals surface area contributed by atoms with Crippen molar-refractivity contribution >= 4 is 23.1 Å². The zero-order valence-electron chi connectivity index (χ0n) is 16.0. The van der Waals surface area contributed by atoms with Gasteiger partial charge in [0.15, 0.2) is 11.6 Å². The molecule has 6 nitrogen and oxygen atoms in total. The molecule has 6 heteroatoms. The van der Waals surface area contributed by atoms with Gasteiger partial charge in [-0.1, -0.05) is 0 Å². The maximum Gasteiger partial charge on any atom is 0.205 e. The van der Waals surface area contributed by atoms with Gasteiger partial charge in [-0.25, -0.2) is 0 Å². The molecule has 26 heavy (non-hydrogen) atoms. The molecule has 0 saturated heterocycles. The lowest BCUT2D eigenvalue weighted by molar-refractivity contribution is -0.118. The lowest BCUT2D eigenvalue weighted by atomic mass is 9.78. The first-order valence-corrected chi connectivity index (χ1v) is 8.69.